The van der Waals surface area contributed by atoms with Crippen LogP contribution in [0.1, 0.15) is 75.1 Å². The van der Waals surface area contributed by atoms with Gasteiger partial charge in [0, 0.05) is 29.9 Å². The largest absolute Gasteiger partial charge is 0.480 e. The molecule has 2 atom stereocenters. The first-order valence-electron chi connectivity index (χ1n) is 13.4. The number of hydrogen-bond donors (Lipinski definition) is 1. The van der Waals surface area contributed by atoms with Crippen molar-refractivity contribution in [3.63, 3.8) is 0 Å². The zero-order valence-corrected chi connectivity index (χ0v) is 22.4. The van der Waals surface area contributed by atoms with E-state index in [1.165, 1.54) is 12.8 Å². The molecule has 1 N–H and O–H groups in total. The first-order chi connectivity index (χ1) is 18.0. The van der Waals surface area contributed by atoms with Crippen molar-refractivity contribution in [2.24, 2.45) is 10.4 Å². The predicted octanol–water partition coefficient (Wildman–Crippen LogP) is 5.81. The summed E-state index contributed by atoms with van der Waals surface area (Å²) in [5.74, 6) is 0.689. The molecule has 1 spiro atoms. The number of benzene rings is 1. The van der Waals surface area contributed by atoms with Crippen molar-refractivity contribution < 1.29 is 14.7 Å². The lowest BCUT2D eigenvalue weighted by atomic mass is 9.58. The molecule has 3 fully saturated rings. The summed E-state index contributed by atoms with van der Waals surface area (Å²) in [6.45, 7) is 0. The Morgan fingerprint density at radius 2 is 1.84 bits per heavy atom. The second kappa shape index (κ2) is 9.78. The molecule has 2 heterocycles. The molecule has 3 aliphatic rings. The highest BCUT2D eigenvalue weighted by Gasteiger charge is 2.58. The summed E-state index contributed by atoms with van der Waals surface area (Å²) >= 11 is 3.46. The van der Waals surface area contributed by atoms with E-state index in [1.54, 1.807) is 6.20 Å². The molecule has 1 aromatic carbocycles. The smallest absolute Gasteiger partial charge is 0.328 e. The Bertz CT molecular complexity index is 1370. The average Bonchev–Trinajstić information content (AvgIpc) is 3.59. The van der Waals surface area contributed by atoms with Crippen LogP contribution in [-0.4, -0.2) is 48.0 Å². The normalized spacial score (nSPS) is 23.5. The van der Waals surface area contributed by atoms with Gasteiger partial charge in [-0.15, -0.1) is 0 Å². The molecular weight excluding hydrogens is 532 g/mol. The van der Waals surface area contributed by atoms with E-state index < -0.39 is 22.3 Å². The fraction of sp³-hybridized carbons (Fsp3) is 0.483. The van der Waals surface area contributed by atoms with Crippen molar-refractivity contribution in [1.82, 2.24) is 14.5 Å². The van der Waals surface area contributed by atoms with Gasteiger partial charge in [-0.25, -0.2) is 14.8 Å². The van der Waals surface area contributed by atoms with Gasteiger partial charge in [-0.2, -0.15) is 0 Å². The number of aliphatic imine (C=N–C) groups is 1. The first-order valence-corrected chi connectivity index (χ1v) is 14.3. The number of carbonyl (C=O) groups excluding carboxylic acids is 1. The lowest BCUT2D eigenvalue weighted by Gasteiger charge is -2.47. The number of ketones is 1. The molecule has 1 unspecified atom stereocenters. The predicted molar refractivity (Wildman–Crippen MR) is 146 cm³/mol. The van der Waals surface area contributed by atoms with Crippen molar-refractivity contribution >= 4 is 44.6 Å². The number of alkyl halides is 1. The van der Waals surface area contributed by atoms with Gasteiger partial charge in [-0.1, -0.05) is 60.2 Å². The Morgan fingerprint density at radius 3 is 2.54 bits per heavy atom. The van der Waals surface area contributed by atoms with E-state index in [9.17, 15) is 14.7 Å². The Balaban J connectivity index is 1.28. The number of rotatable bonds is 6. The van der Waals surface area contributed by atoms with Crippen molar-refractivity contribution in [1.29, 1.82) is 0 Å². The number of carbonyl (C=O) groups is 2. The number of aromatic nitrogens is 3. The molecule has 0 bridgehead atoms. The van der Waals surface area contributed by atoms with Crippen molar-refractivity contribution in [3.05, 3.63) is 54.0 Å². The molecule has 192 valence electrons. The van der Waals surface area contributed by atoms with Crippen molar-refractivity contribution in [2.75, 3.05) is 0 Å². The fourth-order valence-corrected chi connectivity index (χ4v) is 7.50. The SMILES string of the molecule is O=C(O)[C@H](Cc1ccc(-n2c(C3CCCC3)nc3cccnc32)cc1)N=C1C(Br)C(=O)C12CCCCC2. The Labute approximate surface area is 224 Å². The molecule has 3 saturated carbocycles. The molecule has 0 saturated heterocycles. The van der Waals surface area contributed by atoms with Crippen LogP contribution in [0.15, 0.2) is 47.6 Å². The van der Waals surface area contributed by atoms with Crippen molar-refractivity contribution in [2.45, 2.75) is 81.0 Å². The number of fused-ring (bicyclic) bond motifs is 1. The number of nitrogens with zero attached hydrogens (tertiary/aromatic N) is 4. The maximum Gasteiger partial charge on any atom is 0.328 e. The van der Waals surface area contributed by atoms with Crippen LogP contribution in [0, 0.1) is 5.41 Å². The van der Waals surface area contributed by atoms with E-state index in [1.807, 2.05) is 36.4 Å². The monoisotopic (exact) mass is 562 g/mol. The van der Waals surface area contributed by atoms with E-state index in [0.29, 0.717) is 5.92 Å². The molecule has 8 heteroatoms. The van der Waals surface area contributed by atoms with Crippen molar-refractivity contribution in [3.8, 4) is 5.69 Å². The van der Waals surface area contributed by atoms with Crippen LogP contribution in [0.4, 0.5) is 0 Å². The van der Waals surface area contributed by atoms with E-state index in [2.05, 4.69) is 30.5 Å². The quantitative estimate of drug-likeness (QED) is 0.382. The Morgan fingerprint density at radius 1 is 1.11 bits per heavy atom. The molecule has 0 radical (unpaired) electrons. The maximum atomic E-state index is 12.7. The van der Waals surface area contributed by atoms with E-state index in [0.717, 1.165) is 78.9 Å². The summed E-state index contributed by atoms with van der Waals surface area (Å²) < 4.78 is 2.16. The van der Waals surface area contributed by atoms with Gasteiger partial charge in [0.2, 0.25) is 0 Å². The topological polar surface area (TPSA) is 97.4 Å². The molecule has 0 amide bonds. The highest BCUT2D eigenvalue weighted by atomic mass is 79.9. The minimum absolute atomic E-state index is 0.165. The molecular formula is C29H31BrN4O3. The molecule has 2 aromatic heterocycles. The number of aliphatic carboxylic acids is 1. The Kier molecular flexibility index (Phi) is 6.47. The zero-order chi connectivity index (χ0) is 25.6. The van der Waals surface area contributed by atoms with Gasteiger partial charge in [0.05, 0.1) is 5.41 Å². The number of hydrogen-bond acceptors (Lipinski definition) is 5. The lowest BCUT2D eigenvalue weighted by Crippen LogP contribution is -2.61. The third-order valence-corrected chi connectivity index (χ3v) is 9.35. The number of carboxylic acids is 1. The molecule has 0 aliphatic heterocycles. The highest BCUT2D eigenvalue weighted by molar-refractivity contribution is 9.10. The lowest BCUT2D eigenvalue weighted by molar-refractivity contribution is -0.138. The minimum atomic E-state index is -0.963. The van der Waals surface area contributed by atoms with Gasteiger partial charge in [0.1, 0.15) is 16.2 Å². The number of carboxylic acid groups (broad SMARTS) is 1. The van der Waals surface area contributed by atoms with Gasteiger partial charge in [-0.05, 0) is 55.5 Å². The summed E-state index contributed by atoms with van der Waals surface area (Å²) in [5.41, 5.74) is 3.81. The van der Waals surface area contributed by atoms with Crippen LogP contribution in [-0.2, 0) is 16.0 Å². The molecule has 3 aromatic rings. The van der Waals surface area contributed by atoms with Gasteiger partial charge < -0.3 is 5.11 Å². The van der Waals surface area contributed by atoms with Crippen LogP contribution in [0.25, 0.3) is 16.9 Å². The molecule has 37 heavy (non-hydrogen) atoms. The molecule has 6 rings (SSSR count). The van der Waals surface area contributed by atoms with Gasteiger partial charge in [-0.3, -0.25) is 14.4 Å². The number of halogens is 1. The van der Waals surface area contributed by atoms with Crippen LogP contribution >= 0.6 is 15.9 Å². The summed E-state index contributed by atoms with van der Waals surface area (Å²) in [7, 11) is 0. The first kappa shape index (κ1) is 24.5. The summed E-state index contributed by atoms with van der Waals surface area (Å²) in [4.78, 5) is 38.7. The Hall–Kier alpha value is -2.87. The summed E-state index contributed by atoms with van der Waals surface area (Å²) in [6.07, 6.45) is 11.5. The number of Topliss-reactive ketones (excluding diaryl/α,β-unsaturated/α-hetero) is 1. The second-order valence-corrected chi connectivity index (χ2v) is 11.7. The molecule has 3 aliphatic carbocycles. The van der Waals surface area contributed by atoms with E-state index in [-0.39, 0.29) is 12.2 Å². The van der Waals surface area contributed by atoms with Gasteiger partial charge in [0.15, 0.2) is 17.5 Å². The highest BCUT2D eigenvalue weighted by Crippen LogP contribution is 2.49. The van der Waals surface area contributed by atoms with Crippen LogP contribution in [0.5, 0.6) is 0 Å². The third-order valence-electron chi connectivity index (χ3n) is 8.51. The maximum absolute atomic E-state index is 12.7. The van der Waals surface area contributed by atoms with Crippen LogP contribution in [0.2, 0.25) is 0 Å². The summed E-state index contributed by atoms with van der Waals surface area (Å²) in [5, 5.41) is 9.99. The van der Waals surface area contributed by atoms with Gasteiger partial charge >= 0.3 is 5.97 Å². The van der Waals surface area contributed by atoms with Crippen LogP contribution < -0.4 is 0 Å². The molecule has 7 nitrogen and oxygen atoms in total. The summed E-state index contributed by atoms with van der Waals surface area (Å²) in [6, 6.07) is 11.0. The van der Waals surface area contributed by atoms with Gasteiger partial charge in [0.25, 0.3) is 0 Å². The fourth-order valence-electron chi connectivity index (χ4n) is 6.51. The number of pyridine rings is 1. The third kappa shape index (κ3) is 4.23. The van der Waals surface area contributed by atoms with E-state index >= 15 is 0 Å². The number of imidazole rings is 1. The zero-order valence-electron chi connectivity index (χ0n) is 20.8. The van der Waals surface area contributed by atoms with Crippen LogP contribution in [0.3, 0.4) is 0 Å². The minimum Gasteiger partial charge on any atom is -0.480 e. The second-order valence-electron chi connectivity index (χ2n) is 10.7. The standard InChI is InChI=1S/C29H31BrN4O3/c30-23-24(29(25(23)35)14-4-1-5-15-29)32-22(28(36)37)17-18-10-12-20(13-11-18)34-26(19-7-2-3-8-19)33-21-9-6-16-31-27(21)34/h6,9-13,16,19,22-23H,1-5,7-8,14-15,17H2,(H,36,37)/t22-,23?/m0/s1. The van der Waals surface area contributed by atoms with E-state index in [4.69, 9.17) is 4.98 Å². The average molecular weight is 563 g/mol.